The van der Waals surface area contributed by atoms with E-state index in [4.69, 9.17) is 4.74 Å². The fourth-order valence-corrected chi connectivity index (χ4v) is 5.45. The van der Waals surface area contributed by atoms with Gasteiger partial charge in [0.05, 0.1) is 23.8 Å². The summed E-state index contributed by atoms with van der Waals surface area (Å²) >= 11 is 0. The SMILES string of the molecule is O=C(CCCN1c2cccc3cccc(c23)S1(=O)=O)NCCOCc1ccccc1. The molecule has 0 saturated carbocycles. The summed E-state index contributed by atoms with van der Waals surface area (Å²) in [4.78, 5) is 12.4. The number of ether oxygens (including phenoxy) is 1. The van der Waals surface area contributed by atoms with Crippen LogP contribution in [0.3, 0.4) is 0 Å². The van der Waals surface area contributed by atoms with E-state index in [1.807, 2.05) is 54.6 Å². The first-order valence-electron chi connectivity index (χ1n) is 10.0. The van der Waals surface area contributed by atoms with Crippen molar-refractivity contribution < 1.29 is 17.9 Å². The molecule has 3 aromatic rings. The molecule has 0 unspecified atom stereocenters. The van der Waals surface area contributed by atoms with Gasteiger partial charge in [-0.15, -0.1) is 0 Å². The Balaban J connectivity index is 1.24. The first kappa shape index (κ1) is 20.4. The smallest absolute Gasteiger partial charge is 0.265 e. The number of carbonyl (C=O) groups excluding carboxylic acids is 1. The van der Waals surface area contributed by atoms with Crippen molar-refractivity contribution in [3.05, 3.63) is 72.3 Å². The Hall–Kier alpha value is -2.90. The van der Waals surface area contributed by atoms with Crippen molar-refractivity contribution >= 4 is 32.4 Å². The molecule has 0 aliphatic carbocycles. The standard InChI is InChI=1S/C23H24N2O4S/c26-22(24-14-16-29-17-18-7-2-1-3-8-18)13-6-15-25-20-11-4-9-19-10-5-12-21(23(19)20)30(25,27)28/h1-5,7-12H,6,13-17H2,(H,24,26). The van der Waals surface area contributed by atoms with Gasteiger partial charge in [0.15, 0.2) is 0 Å². The highest BCUT2D eigenvalue weighted by atomic mass is 32.2. The van der Waals surface area contributed by atoms with Crippen LogP contribution in [0.15, 0.2) is 71.6 Å². The van der Waals surface area contributed by atoms with Gasteiger partial charge in [0.1, 0.15) is 0 Å². The third kappa shape index (κ3) is 4.17. The van der Waals surface area contributed by atoms with Crippen molar-refractivity contribution in [3.8, 4) is 0 Å². The minimum Gasteiger partial charge on any atom is -0.375 e. The Morgan fingerprint density at radius 1 is 0.967 bits per heavy atom. The number of hydrogen-bond donors (Lipinski definition) is 1. The lowest BCUT2D eigenvalue weighted by molar-refractivity contribution is -0.121. The number of benzene rings is 3. The summed E-state index contributed by atoms with van der Waals surface area (Å²) in [6.07, 6.45) is 0.706. The molecule has 0 fully saturated rings. The zero-order chi connectivity index (χ0) is 21.0. The van der Waals surface area contributed by atoms with Crippen molar-refractivity contribution in [2.75, 3.05) is 24.0 Å². The number of hydrogen-bond acceptors (Lipinski definition) is 4. The fourth-order valence-electron chi connectivity index (χ4n) is 3.70. The number of sulfonamides is 1. The third-order valence-corrected chi connectivity index (χ3v) is 6.98. The van der Waals surface area contributed by atoms with E-state index in [0.29, 0.717) is 36.8 Å². The van der Waals surface area contributed by atoms with Gasteiger partial charge >= 0.3 is 0 Å². The molecule has 0 spiro atoms. The Morgan fingerprint density at radius 3 is 2.53 bits per heavy atom. The van der Waals surface area contributed by atoms with Crippen molar-refractivity contribution in [2.24, 2.45) is 0 Å². The zero-order valence-electron chi connectivity index (χ0n) is 16.6. The molecule has 1 heterocycles. The maximum atomic E-state index is 12.9. The number of anilines is 1. The van der Waals surface area contributed by atoms with E-state index in [0.717, 1.165) is 16.3 Å². The normalized spacial score (nSPS) is 14.2. The van der Waals surface area contributed by atoms with E-state index in [1.165, 1.54) is 4.31 Å². The maximum absolute atomic E-state index is 12.9. The van der Waals surface area contributed by atoms with Crippen LogP contribution in [-0.4, -0.2) is 34.0 Å². The Morgan fingerprint density at radius 2 is 1.73 bits per heavy atom. The summed E-state index contributed by atoms with van der Waals surface area (Å²) in [5.74, 6) is -0.106. The summed E-state index contributed by atoms with van der Waals surface area (Å²) in [6, 6.07) is 20.8. The predicted octanol–water partition coefficient (Wildman–Crippen LogP) is 3.46. The first-order valence-corrected chi connectivity index (χ1v) is 11.4. The van der Waals surface area contributed by atoms with Crippen molar-refractivity contribution in [1.29, 1.82) is 0 Å². The summed E-state index contributed by atoms with van der Waals surface area (Å²) in [5, 5.41) is 4.49. The van der Waals surface area contributed by atoms with Crippen molar-refractivity contribution in [2.45, 2.75) is 24.3 Å². The van der Waals surface area contributed by atoms with E-state index in [9.17, 15) is 13.2 Å². The summed E-state index contributed by atoms with van der Waals surface area (Å²) in [6.45, 7) is 1.64. The van der Waals surface area contributed by atoms with Gasteiger partial charge in [-0.1, -0.05) is 54.6 Å². The van der Waals surface area contributed by atoms with Crippen LogP contribution in [0.1, 0.15) is 18.4 Å². The minimum absolute atomic E-state index is 0.106. The average molecular weight is 425 g/mol. The lowest BCUT2D eigenvalue weighted by Gasteiger charge is -2.18. The molecular weight excluding hydrogens is 400 g/mol. The summed E-state index contributed by atoms with van der Waals surface area (Å²) in [5.41, 5.74) is 1.78. The van der Waals surface area contributed by atoms with Crippen LogP contribution in [0.25, 0.3) is 10.8 Å². The van der Waals surface area contributed by atoms with Gasteiger partial charge in [0.25, 0.3) is 10.0 Å². The second-order valence-corrected chi connectivity index (χ2v) is 9.03. The van der Waals surface area contributed by atoms with Crippen LogP contribution in [0, 0.1) is 0 Å². The van der Waals surface area contributed by atoms with Gasteiger partial charge in [-0.05, 0) is 29.5 Å². The zero-order valence-corrected chi connectivity index (χ0v) is 17.4. The largest absolute Gasteiger partial charge is 0.375 e. The Labute approximate surface area is 176 Å². The highest BCUT2D eigenvalue weighted by Crippen LogP contribution is 2.41. The average Bonchev–Trinajstić information content (AvgIpc) is 2.97. The van der Waals surface area contributed by atoms with Gasteiger partial charge in [0.2, 0.25) is 5.91 Å². The summed E-state index contributed by atoms with van der Waals surface area (Å²) < 4.78 is 32.8. The number of rotatable bonds is 9. The highest BCUT2D eigenvalue weighted by molar-refractivity contribution is 7.93. The number of carbonyl (C=O) groups is 1. The molecule has 0 radical (unpaired) electrons. The molecule has 7 heteroatoms. The molecule has 1 amide bonds. The van der Waals surface area contributed by atoms with Crippen molar-refractivity contribution in [1.82, 2.24) is 5.32 Å². The topological polar surface area (TPSA) is 75.7 Å². The monoisotopic (exact) mass is 424 g/mol. The molecule has 0 atom stereocenters. The van der Waals surface area contributed by atoms with Crippen LogP contribution in [0.2, 0.25) is 0 Å². The van der Waals surface area contributed by atoms with Gasteiger partial charge in [-0.3, -0.25) is 9.10 Å². The fraction of sp³-hybridized carbons (Fsp3) is 0.261. The van der Waals surface area contributed by atoms with Crippen LogP contribution in [0.4, 0.5) is 5.69 Å². The second kappa shape index (κ2) is 8.85. The van der Waals surface area contributed by atoms with E-state index in [2.05, 4.69) is 5.32 Å². The lowest BCUT2D eigenvalue weighted by atomic mass is 10.1. The van der Waals surface area contributed by atoms with E-state index < -0.39 is 10.0 Å². The second-order valence-electron chi connectivity index (χ2n) is 7.20. The van der Waals surface area contributed by atoms with Gasteiger partial charge < -0.3 is 10.1 Å². The molecular formula is C23H24N2O4S. The minimum atomic E-state index is -3.57. The van der Waals surface area contributed by atoms with E-state index in [-0.39, 0.29) is 18.9 Å². The van der Waals surface area contributed by atoms with E-state index in [1.54, 1.807) is 12.1 Å². The van der Waals surface area contributed by atoms with Crippen LogP contribution in [0.5, 0.6) is 0 Å². The van der Waals surface area contributed by atoms with Gasteiger partial charge in [0, 0.05) is 24.9 Å². The Kier molecular flexibility index (Phi) is 6.01. The van der Waals surface area contributed by atoms with Gasteiger partial charge in [-0.25, -0.2) is 8.42 Å². The van der Waals surface area contributed by atoms with Gasteiger partial charge in [-0.2, -0.15) is 0 Å². The predicted molar refractivity (Wildman–Crippen MR) is 117 cm³/mol. The molecule has 1 N–H and O–H groups in total. The van der Waals surface area contributed by atoms with E-state index >= 15 is 0 Å². The maximum Gasteiger partial charge on any atom is 0.265 e. The Bertz CT molecular complexity index is 1140. The van der Waals surface area contributed by atoms with Crippen LogP contribution < -0.4 is 9.62 Å². The first-order chi connectivity index (χ1) is 14.6. The molecule has 3 aromatic carbocycles. The molecule has 0 bridgehead atoms. The quantitative estimate of drug-likeness (QED) is 0.534. The number of amides is 1. The van der Waals surface area contributed by atoms with Crippen molar-refractivity contribution in [3.63, 3.8) is 0 Å². The molecule has 6 nitrogen and oxygen atoms in total. The molecule has 4 rings (SSSR count). The molecule has 30 heavy (non-hydrogen) atoms. The summed E-state index contributed by atoms with van der Waals surface area (Å²) in [7, 11) is -3.57. The molecule has 156 valence electrons. The number of nitrogens with one attached hydrogen (secondary N) is 1. The molecule has 1 aliphatic heterocycles. The van der Waals surface area contributed by atoms with Crippen LogP contribution >= 0.6 is 0 Å². The molecule has 0 aromatic heterocycles. The highest BCUT2D eigenvalue weighted by Gasteiger charge is 2.34. The molecule has 0 saturated heterocycles. The number of nitrogens with zero attached hydrogens (tertiary/aromatic N) is 1. The van der Waals surface area contributed by atoms with Crippen LogP contribution in [-0.2, 0) is 26.2 Å². The molecule has 1 aliphatic rings. The lowest BCUT2D eigenvalue weighted by Crippen LogP contribution is -2.31. The third-order valence-electron chi connectivity index (χ3n) is 5.13.